The third kappa shape index (κ3) is 4.56. The van der Waals surface area contributed by atoms with Crippen LogP contribution in [0, 0.1) is 0 Å². The molecule has 0 radical (unpaired) electrons. The average molecular weight is 549 g/mol. The van der Waals surface area contributed by atoms with Gasteiger partial charge in [-0.05, 0) is 50.6 Å². The van der Waals surface area contributed by atoms with Crippen molar-refractivity contribution >= 4 is 34.5 Å². The van der Waals surface area contributed by atoms with Gasteiger partial charge in [-0.3, -0.25) is 9.69 Å². The molecule has 1 atom stereocenters. The van der Waals surface area contributed by atoms with Gasteiger partial charge in [0.25, 0.3) is 0 Å². The van der Waals surface area contributed by atoms with Crippen LogP contribution in [0.2, 0.25) is 0 Å². The summed E-state index contributed by atoms with van der Waals surface area (Å²) in [5.41, 5.74) is 15.4. The number of carbonyl (C=O) groups excluding carboxylic acids is 1. The van der Waals surface area contributed by atoms with Crippen LogP contribution in [0.1, 0.15) is 43.7 Å². The number of fused-ring (bicyclic) bond motifs is 1. The molecule has 1 unspecified atom stereocenters. The van der Waals surface area contributed by atoms with Gasteiger partial charge in [-0.2, -0.15) is 5.10 Å². The van der Waals surface area contributed by atoms with Crippen LogP contribution in [-0.2, 0) is 9.54 Å². The predicted octanol–water partition coefficient (Wildman–Crippen LogP) is 3.15. The molecule has 4 N–H and O–H groups in total. The molecule has 6 rings (SSSR count). The maximum atomic E-state index is 12.5. The number of anilines is 1. The lowest BCUT2D eigenvalue weighted by atomic mass is 9.90. The zero-order valence-corrected chi connectivity index (χ0v) is 23.4. The van der Waals surface area contributed by atoms with Crippen LogP contribution in [0.4, 0.5) is 5.82 Å². The molecule has 1 saturated carbocycles. The number of methoxy groups -OCH3 is 1. The number of primary amides is 1. The van der Waals surface area contributed by atoms with E-state index in [1.165, 1.54) is 18.1 Å². The zero-order valence-electron chi connectivity index (χ0n) is 22.5. The van der Waals surface area contributed by atoms with Gasteiger partial charge in [0, 0.05) is 43.3 Å². The number of nitrogen functional groups attached to an aromatic ring is 1. The Morgan fingerprint density at radius 2 is 1.85 bits per heavy atom. The molecule has 1 aliphatic carbocycles. The quantitative estimate of drug-likeness (QED) is 0.477. The van der Waals surface area contributed by atoms with Crippen LogP contribution < -0.4 is 16.2 Å². The average Bonchev–Trinajstić information content (AvgIpc) is 3.61. The Morgan fingerprint density at radius 3 is 2.51 bits per heavy atom. The van der Waals surface area contributed by atoms with E-state index in [1.54, 1.807) is 7.11 Å². The van der Waals surface area contributed by atoms with Crippen LogP contribution in [0.5, 0.6) is 5.75 Å². The Kier molecular flexibility index (Phi) is 6.98. The molecule has 4 heterocycles. The van der Waals surface area contributed by atoms with Gasteiger partial charge in [-0.25, -0.2) is 14.6 Å². The molecule has 2 aromatic heterocycles. The van der Waals surface area contributed by atoms with E-state index < -0.39 is 4.75 Å². The van der Waals surface area contributed by atoms with Gasteiger partial charge >= 0.3 is 0 Å². The summed E-state index contributed by atoms with van der Waals surface area (Å²) in [5, 5.41) is 7.76. The Balaban J connectivity index is 1.32. The predicted molar refractivity (Wildman–Crippen MR) is 154 cm³/mol. The van der Waals surface area contributed by atoms with Crippen molar-refractivity contribution < 1.29 is 9.53 Å². The number of amides is 1. The Labute approximate surface area is 232 Å². The molecule has 1 aromatic carbocycles. The van der Waals surface area contributed by atoms with Gasteiger partial charge in [-0.15, -0.1) is 11.8 Å². The fourth-order valence-corrected chi connectivity index (χ4v) is 7.40. The van der Waals surface area contributed by atoms with Crippen molar-refractivity contribution in [2.45, 2.75) is 48.9 Å². The first-order valence-corrected chi connectivity index (χ1v) is 14.5. The standard InChI is InChI=1S/C28H36N8O2S/c1-34-11-13-35(14-12-34)19-5-7-20(8-6-19)36-26-23(25(29)31-17-32-26)24(33-36)18-4-9-21(22(16-18)38-2)28(27(30)37)10-3-15-39-28/h3-4,9,15-17,19-20H,5-8,10-14H2,1-2H3,(H2,30,37)(H2,29,31,32). The SMILES string of the molecule is COc1cc(-c2nn(C3CCC(N4CCN(C)CC4)CC3)c3ncnc(N)c23)ccc1C1(C(N)=O)CC=CS1. The van der Waals surface area contributed by atoms with E-state index in [0.29, 0.717) is 24.0 Å². The Morgan fingerprint density at radius 1 is 1.10 bits per heavy atom. The number of benzene rings is 1. The monoisotopic (exact) mass is 548 g/mol. The maximum absolute atomic E-state index is 12.5. The first-order chi connectivity index (χ1) is 18.9. The number of carbonyl (C=O) groups is 1. The highest BCUT2D eigenvalue weighted by Crippen LogP contribution is 2.49. The number of thioether (sulfide) groups is 1. The number of nitrogens with zero attached hydrogens (tertiary/aromatic N) is 6. The summed E-state index contributed by atoms with van der Waals surface area (Å²) >= 11 is 1.42. The topological polar surface area (TPSA) is 128 Å². The molecule has 0 spiro atoms. The van der Waals surface area contributed by atoms with Crippen molar-refractivity contribution in [1.29, 1.82) is 0 Å². The molecule has 39 heavy (non-hydrogen) atoms. The summed E-state index contributed by atoms with van der Waals surface area (Å²) in [7, 11) is 3.81. The number of rotatable bonds is 6. The second-order valence-corrected chi connectivity index (χ2v) is 12.1. The number of nitrogens with two attached hydrogens (primary N) is 2. The van der Waals surface area contributed by atoms with E-state index in [1.807, 2.05) is 29.7 Å². The van der Waals surface area contributed by atoms with E-state index in [9.17, 15) is 4.79 Å². The van der Waals surface area contributed by atoms with E-state index in [-0.39, 0.29) is 11.9 Å². The van der Waals surface area contributed by atoms with Gasteiger partial charge in [-0.1, -0.05) is 18.2 Å². The van der Waals surface area contributed by atoms with E-state index in [2.05, 4.69) is 31.5 Å². The van der Waals surface area contributed by atoms with Crippen molar-refractivity contribution in [2.75, 3.05) is 46.1 Å². The minimum absolute atomic E-state index is 0.250. The number of hydrogen-bond donors (Lipinski definition) is 2. The minimum atomic E-state index is -0.879. The fourth-order valence-electron chi connectivity index (χ4n) is 6.37. The van der Waals surface area contributed by atoms with Crippen LogP contribution in [-0.4, -0.2) is 81.8 Å². The zero-order chi connectivity index (χ0) is 27.1. The second-order valence-electron chi connectivity index (χ2n) is 10.9. The molecular formula is C28H36N8O2S. The first-order valence-electron chi connectivity index (χ1n) is 13.6. The summed E-state index contributed by atoms with van der Waals surface area (Å²) in [6.07, 6.45) is 8.39. The van der Waals surface area contributed by atoms with Crippen LogP contribution >= 0.6 is 11.8 Å². The van der Waals surface area contributed by atoms with Gasteiger partial charge in [0.15, 0.2) is 5.65 Å². The molecule has 11 heteroatoms. The molecule has 3 aliphatic rings. The molecular weight excluding hydrogens is 512 g/mol. The molecule has 206 valence electrons. The first kappa shape index (κ1) is 26.1. The van der Waals surface area contributed by atoms with Crippen molar-refractivity contribution in [2.24, 2.45) is 5.73 Å². The molecule has 10 nitrogen and oxygen atoms in total. The molecule has 1 amide bonds. The Hall–Kier alpha value is -3.15. The van der Waals surface area contributed by atoms with E-state index in [0.717, 1.165) is 79.7 Å². The summed E-state index contributed by atoms with van der Waals surface area (Å²) in [4.78, 5) is 26.5. The third-order valence-corrected chi connectivity index (χ3v) is 9.98. The van der Waals surface area contributed by atoms with Crippen molar-refractivity contribution in [3.63, 3.8) is 0 Å². The lowest BCUT2D eigenvalue weighted by Gasteiger charge is -2.41. The number of allylic oxidation sites excluding steroid dienone is 1. The summed E-state index contributed by atoms with van der Waals surface area (Å²) in [6, 6.07) is 6.68. The molecule has 3 aromatic rings. The fraction of sp³-hybridized carbons (Fsp3) is 0.500. The third-order valence-electron chi connectivity index (χ3n) is 8.66. The van der Waals surface area contributed by atoms with Crippen LogP contribution in [0.3, 0.4) is 0 Å². The molecule has 2 fully saturated rings. The van der Waals surface area contributed by atoms with Crippen LogP contribution in [0.15, 0.2) is 36.0 Å². The van der Waals surface area contributed by atoms with Crippen molar-refractivity contribution in [1.82, 2.24) is 29.5 Å². The number of aromatic nitrogens is 4. The van der Waals surface area contributed by atoms with E-state index >= 15 is 0 Å². The normalized spacial score (nSPS) is 26.3. The van der Waals surface area contributed by atoms with E-state index in [4.69, 9.17) is 21.3 Å². The largest absolute Gasteiger partial charge is 0.496 e. The van der Waals surface area contributed by atoms with Gasteiger partial charge in [0.1, 0.15) is 28.3 Å². The Bertz CT molecular complexity index is 1400. The van der Waals surface area contributed by atoms with Crippen LogP contribution in [0.25, 0.3) is 22.3 Å². The maximum Gasteiger partial charge on any atom is 0.238 e. The smallest absolute Gasteiger partial charge is 0.238 e. The highest BCUT2D eigenvalue weighted by atomic mass is 32.2. The second kappa shape index (κ2) is 10.4. The number of likely N-dealkylation sites (N-methyl/N-ethyl adjacent to an activating group) is 1. The lowest BCUT2D eigenvalue weighted by molar-refractivity contribution is -0.120. The number of hydrogen-bond acceptors (Lipinski definition) is 9. The highest BCUT2D eigenvalue weighted by Gasteiger charge is 2.42. The molecule has 2 aliphatic heterocycles. The summed E-state index contributed by atoms with van der Waals surface area (Å²) in [5.74, 6) is 0.607. The number of piperazine rings is 1. The van der Waals surface area contributed by atoms with Gasteiger partial charge < -0.3 is 21.1 Å². The molecule has 1 saturated heterocycles. The molecule has 0 bridgehead atoms. The minimum Gasteiger partial charge on any atom is -0.496 e. The van der Waals surface area contributed by atoms with Gasteiger partial charge in [0.2, 0.25) is 5.91 Å². The van der Waals surface area contributed by atoms with Crippen molar-refractivity contribution in [3.05, 3.63) is 41.6 Å². The lowest BCUT2D eigenvalue weighted by Crippen LogP contribution is -2.49. The van der Waals surface area contributed by atoms with Gasteiger partial charge in [0.05, 0.1) is 18.5 Å². The number of ether oxygens (including phenoxy) is 1. The highest BCUT2D eigenvalue weighted by molar-refractivity contribution is 8.04. The summed E-state index contributed by atoms with van der Waals surface area (Å²) < 4.78 is 6.96. The summed E-state index contributed by atoms with van der Waals surface area (Å²) in [6.45, 7) is 4.57. The van der Waals surface area contributed by atoms with Crippen molar-refractivity contribution in [3.8, 4) is 17.0 Å².